The number of amides is 2. The molecule has 4 nitrogen and oxygen atoms in total. The summed E-state index contributed by atoms with van der Waals surface area (Å²) < 4.78 is 6.03. The zero-order chi connectivity index (χ0) is 14.2. The van der Waals surface area contributed by atoms with Gasteiger partial charge < -0.3 is 15.4 Å². The summed E-state index contributed by atoms with van der Waals surface area (Å²) in [5.74, 6) is 0.878. The third-order valence-electron chi connectivity index (χ3n) is 3.41. The number of para-hydroxylation sites is 1. The Bertz CT molecular complexity index is 454. The van der Waals surface area contributed by atoms with E-state index < -0.39 is 0 Å². The van der Waals surface area contributed by atoms with E-state index in [0.717, 1.165) is 24.2 Å². The van der Waals surface area contributed by atoms with Gasteiger partial charge in [0.05, 0.1) is 6.10 Å². The van der Waals surface area contributed by atoms with E-state index >= 15 is 0 Å². The van der Waals surface area contributed by atoms with Gasteiger partial charge in [-0.2, -0.15) is 0 Å². The largest absolute Gasteiger partial charge is 0.490 e. The van der Waals surface area contributed by atoms with E-state index in [1.807, 2.05) is 24.3 Å². The molecular formula is C16H22N2O2. The van der Waals surface area contributed by atoms with Crippen molar-refractivity contribution in [3.8, 4) is 5.75 Å². The summed E-state index contributed by atoms with van der Waals surface area (Å²) in [5, 5.41) is 5.51. The Kier molecular flexibility index (Phi) is 5.47. The molecule has 0 atom stereocenters. The minimum absolute atomic E-state index is 0.194. The first-order valence-electron chi connectivity index (χ1n) is 7.16. The Morgan fingerprint density at radius 1 is 1.30 bits per heavy atom. The predicted molar refractivity (Wildman–Crippen MR) is 79.8 cm³/mol. The molecule has 0 spiro atoms. The molecule has 2 rings (SSSR count). The van der Waals surface area contributed by atoms with E-state index in [4.69, 9.17) is 4.74 Å². The van der Waals surface area contributed by atoms with E-state index in [-0.39, 0.29) is 6.03 Å². The second-order valence-corrected chi connectivity index (χ2v) is 4.98. The molecule has 1 aromatic carbocycles. The smallest absolute Gasteiger partial charge is 0.315 e. The number of urea groups is 1. The van der Waals surface area contributed by atoms with Gasteiger partial charge in [0.1, 0.15) is 5.75 Å². The minimum Gasteiger partial charge on any atom is -0.490 e. The monoisotopic (exact) mass is 274 g/mol. The van der Waals surface area contributed by atoms with Gasteiger partial charge in [-0.3, -0.25) is 0 Å². The summed E-state index contributed by atoms with van der Waals surface area (Å²) in [6, 6.07) is 7.68. The Morgan fingerprint density at radius 3 is 2.80 bits per heavy atom. The standard InChI is InChI=1S/C16H22N2O2/c1-2-11-17-16(19)18-12-13-7-3-6-10-15(13)20-14-8-4-5-9-14/h2-3,6-7,10,14H,1,4-5,8-9,11-12H2,(H2,17,18,19). The number of carbonyl (C=O) groups is 1. The number of nitrogens with one attached hydrogen (secondary N) is 2. The van der Waals surface area contributed by atoms with Gasteiger partial charge in [0.15, 0.2) is 0 Å². The topological polar surface area (TPSA) is 50.4 Å². The third kappa shape index (κ3) is 4.30. The van der Waals surface area contributed by atoms with Crippen LogP contribution in [0.3, 0.4) is 0 Å². The zero-order valence-electron chi connectivity index (χ0n) is 11.7. The molecule has 2 amide bonds. The lowest BCUT2D eigenvalue weighted by molar-refractivity contribution is 0.207. The average molecular weight is 274 g/mol. The molecule has 1 saturated carbocycles. The van der Waals surface area contributed by atoms with Gasteiger partial charge in [0.2, 0.25) is 0 Å². The van der Waals surface area contributed by atoms with Crippen LogP contribution in [0.1, 0.15) is 31.2 Å². The van der Waals surface area contributed by atoms with Crippen molar-refractivity contribution in [3.63, 3.8) is 0 Å². The van der Waals surface area contributed by atoms with E-state index in [0.29, 0.717) is 19.2 Å². The van der Waals surface area contributed by atoms with Gasteiger partial charge in [-0.25, -0.2) is 4.79 Å². The van der Waals surface area contributed by atoms with Gasteiger partial charge in [-0.1, -0.05) is 24.3 Å². The summed E-state index contributed by atoms with van der Waals surface area (Å²) in [7, 11) is 0. The van der Waals surface area contributed by atoms with Crippen LogP contribution in [0.15, 0.2) is 36.9 Å². The second-order valence-electron chi connectivity index (χ2n) is 4.98. The molecule has 1 aliphatic rings. The average Bonchev–Trinajstić information content (AvgIpc) is 2.97. The summed E-state index contributed by atoms with van der Waals surface area (Å²) in [4.78, 5) is 11.5. The molecule has 108 valence electrons. The first-order chi connectivity index (χ1) is 9.79. The fourth-order valence-corrected chi connectivity index (χ4v) is 2.35. The van der Waals surface area contributed by atoms with Crippen molar-refractivity contribution in [2.45, 2.75) is 38.3 Å². The second kappa shape index (κ2) is 7.58. The van der Waals surface area contributed by atoms with Crippen molar-refractivity contribution in [1.29, 1.82) is 0 Å². The lowest BCUT2D eigenvalue weighted by Crippen LogP contribution is -2.35. The molecule has 0 saturated heterocycles. The number of hydrogen-bond donors (Lipinski definition) is 2. The van der Waals surface area contributed by atoms with Crippen molar-refractivity contribution in [3.05, 3.63) is 42.5 Å². The molecule has 2 N–H and O–H groups in total. The molecule has 0 aliphatic heterocycles. The van der Waals surface area contributed by atoms with Crippen LogP contribution >= 0.6 is 0 Å². The molecule has 1 aliphatic carbocycles. The fourth-order valence-electron chi connectivity index (χ4n) is 2.35. The van der Waals surface area contributed by atoms with Gasteiger partial charge in [0.25, 0.3) is 0 Å². The van der Waals surface area contributed by atoms with Gasteiger partial charge in [-0.05, 0) is 31.7 Å². The predicted octanol–water partition coefficient (Wildman–Crippen LogP) is 2.99. The molecule has 4 heteroatoms. The highest BCUT2D eigenvalue weighted by molar-refractivity contribution is 5.74. The van der Waals surface area contributed by atoms with Crippen molar-refractivity contribution >= 4 is 6.03 Å². The van der Waals surface area contributed by atoms with E-state index in [1.165, 1.54) is 12.8 Å². The van der Waals surface area contributed by atoms with Crippen LogP contribution in [0.5, 0.6) is 5.75 Å². The zero-order valence-corrected chi connectivity index (χ0v) is 11.7. The maximum atomic E-state index is 11.5. The summed E-state index contributed by atoms with van der Waals surface area (Å²) >= 11 is 0. The normalized spacial score (nSPS) is 14.8. The molecule has 0 radical (unpaired) electrons. The maximum Gasteiger partial charge on any atom is 0.315 e. The molecule has 0 unspecified atom stereocenters. The highest BCUT2D eigenvalue weighted by Crippen LogP contribution is 2.26. The van der Waals surface area contributed by atoms with Gasteiger partial charge in [-0.15, -0.1) is 6.58 Å². The van der Waals surface area contributed by atoms with Gasteiger partial charge >= 0.3 is 6.03 Å². The Hall–Kier alpha value is -1.97. The number of ether oxygens (including phenoxy) is 1. The Labute approximate surface area is 120 Å². The lowest BCUT2D eigenvalue weighted by atomic mass is 10.2. The van der Waals surface area contributed by atoms with Gasteiger partial charge in [0, 0.05) is 18.7 Å². The molecular weight excluding hydrogens is 252 g/mol. The van der Waals surface area contributed by atoms with Crippen LogP contribution in [0.25, 0.3) is 0 Å². The van der Waals surface area contributed by atoms with Crippen LogP contribution in [0.2, 0.25) is 0 Å². The lowest BCUT2D eigenvalue weighted by Gasteiger charge is -2.16. The van der Waals surface area contributed by atoms with Crippen LogP contribution in [0.4, 0.5) is 4.79 Å². The van der Waals surface area contributed by atoms with Crippen LogP contribution in [-0.2, 0) is 6.54 Å². The van der Waals surface area contributed by atoms with Crippen LogP contribution < -0.4 is 15.4 Å². The summed E-state index contributed by atoms with van der Waals surface area (Å²) in [6.07, 6.45) is 6.72. The number of hydrogen-bond acceptors (Lipinski definition) is 2. The van der Waals surface area contributed by atoms with E-state index in [1.54, 1.807) is 6.08 Å². The highest BCUT2D eigenvalue weighted by Gasteiger charge is 2.17. The first kappa shape index (κ1) is 14.4. The number of rotatable bonds is 6. The van der Waals surface area contributed by atoms with Crippen molar-refractivity contribution in [2.24, 2.45) is 0 Å². The van der Waals surface area contributed by atoms with Crippen LogP contribution in [0, 0.1) is 0 Å². The maximum absolute atomic E-state index is 11.5. The summed E-state index contributed by atoms with van der Waals surface area (Å²) in [5.41, 5.74) is 1.01. The highest BCUT2D eigenvalue weighted by atomic mass is 16.5. The molecule has 1 fully saturated rings. The molecule has 0 heterocycles. The number of carbonyl (C=O) groups excluding carboxylic acids is 1. The van der Waals surface area contributed by atoms with E-state index in [2.05, 4.69) is 17.2 Å². The molecule has 0 aromatic heterocycles. The SMILES string of the molecule is C=CCNC(=O)NCc1ccccc1OC1CCCC1. The van der Waals surface area contributed by atoms with Crippen molar-refractivity contribution in [1.82, 2.24) is 10.6 Å². The Balaban J connectivity index is 1.89. The summed E-state index contributed by atoms with van der Waals surface area (Å²) in [6.45, 7) is 4.49. The molecule has 0 bridgehead atoms. The fraction of sp³-hybridized carbons (Fsp3) is 0.438. The van der Waals surface area contributed by atoms with Crippen LogP contribution in [-0.4, -0.2) is 18.7 Å². The van der Waals surface area contributed by atoms with E-state index in [9.17, 15) is 4.79 Å². The quantitative estimate of drug-likeness (QED) is 0.783. The molecule has 20 heavy (non-hydrogen) atoms. The number of benzene rings is 1. The molecule has 1 aromatic rings. The first-order valence-corrected chi connectivity index (χ1v) is 7.16. The minimum atomic E-state index is -0.194. The Morgan fingerprint density at radius 2 is 2.05 bits per heavy atom. The van der Waals surface area contributed by atoms with Crippen molar-refractivity contribution in [2.75, 3.05) is 6.54 Å². The van der Waals surface area contributed by atoms with Crippen molar-refractivity contribution < 1.29 is 9.53 Å². The third-order valence-corrected chi connectivity index (χ3v) is 3.41.